The standard InChI is InChI=1S/C13H18N2O2/c1-9(16)12-11-3-2-6-15(11)14-13(12)10-4-7-17-8-5-10/h10H,2-8H2,1H3. The van der Waals surface area contributed by atoms with Gasteiger partial charge in [-0.1, -0.05) is 0 Å². The fourth-order valence-corrected chi connectivity index (χ4v) is 2.99. The highest BCUT2D eigenvalue weighted by atomic mass is 16.5. The predicted molar refractivity (Wildman–Crippen MR) is 63.3 cm³/mol. The number of aromatic nitrogens is 2. The summed E-state index contributed by atoms with van der Waals surface area (Å²) in [5.41, 5.74) is 3.11. The molecule has 3 heterocycles. The molecular formula is C13H18N2O2. The van der Waals surface area contributed by atoms with E-state index < -0.39 is 0 Å². The highest BCUT2D eigenvalue weighted by Gasteiger charge is 2.29. The molecule has 0 amide bonds. The van der Waals surface area contributed by atoms with Gasteiger partial charge in [-0.25, -0.2) is 0 Å². The lowest BCUT2D eigenvalue weighted by Crippen LogP contribution is -2.16. The number of ketones is 1. The van der Waals surface area contributed by atoms with Crippen LogP contribution in [0.1, 0.15) is 53.8 Å². The first kappa shape index (κ1) is 11.0. The first-order valence-electron chi connectivity index (χ1n) is 6.45. The normalized spacial score (nSPS) is 20.5. The largest absolute Gasteiger partial charge is 0.381 e. The molecule has 0 atom stereocenters. The SMILES string of the molecule is CC(=O)c1c(C2CCOCC2)nn2c1CCC2. The van der Waals surface area contributed by atoms with E-state index in [0.29, 0.717) is 5.92 Å². The Balaban J connectivity index is 2.00. The Morgan fingerprint density at radius 1 is 1.41 bits per heavy atom. The highest BCUT2D eigenvalue weighted by molar-refractivity contribution is 5.96. The van der Waals surface area contributed by atoms with Gasteiger partial charge in [0.2, 0.25) is 0 Å². The molecule has 2 aliphatic heterocycles. The summed E-state index contributed by atoms with van der Waals surface area (Å²) in [4.78, 5) is 11.8. The lowest BCUT2D eigenvalue weighted by atomic mass is 9.91. The van der Waals surface area contributed by atoms with Gasteiger partial charge in [0.05, 0.1) is 11.3 Å². The fourth-order valence-electron chi connectivity index (χ4n) is 2.99. The zero-order valence-corrected chi connectivity index (χ0v) is 10.2. The minimum absolute atomic E-state index is 0.176. The average Bonchev–Trinajstić information content (AvgIpc) is 2.88. The van der Waals surface area contributed by atoms with Crippen molar-refractivity contribution in [1.29, 1.82) is 0 Å². The molecule has 1 aromatic rings. The zero-order chi connectivity index (χ0) is 11.8. The van der Waals surface area contributed by atoms with Crippen LogP contribution in [-0.2, 0) is 17.7 Å². The Morgan fingerprint density at radius 3 is 2.88 bits per heavy atom. The Hall–Kier alpha value is -1.16. The monoisotopic (exact) mass is 234 g/mol. The minimum Gasteiger partial charge on any atom is -0.381 e. The van der Waals surface area contributed by atoms with Crippen molar-refractivity contribution in [2.75, 3.05) is 13.2 Å². The molecular weight excluding hydrogens is 216 g/mol. The number of carbonyl (C=O) groups is 1. The molecule has 0 unspecified atom stereocenters. The van der Waals surface area contributed by atoms with Crippen molar-refractivity contribution in [3.05, 3.63) is 17.0 Å². The van der Waals surface area contributed by atoms with Gasteiger partial charge >= 0.3 is 0 Å². The van der Waals surface area contributed by atoms with E-state index in [1.54, 1.807) is 6.92 Å². The van der Waals surface area contributed by atoms with Crippen LogP contribution in [0.5, 0.6) is 0 Å². The smallest absolute Gasteiger partial charge is 0.163 e. The number of rotatable bonds is 2. The molecule has 92 valence electrons. The summed E-state index contributed by atoms with van der Waals surface area (Å²) in [5, 5.41) is 4.68. The first-order valence-corrected chi connectivity index (χ1v) is 6.45. The lowest BCUT2D eigenvalue weighted by molar-refractivity contribution is 0.0836. The Bertz CT molecular complexity index is 445. The molecule has 0 bridgehead atoms. The second-order valence-electron chi connectivity index (χ2n) is 4.98. The third kappa shape index (κ3) is 1.80. The molecule has 4 heteroatoms. The van der Waals surface area contributed by atoms with Gasteiger partial charge in [-0.3, -0.25) is 9.48 Å². The minimum atomic E-state index is 0.176. The quantitative estimate of drug-likeness (QED) is 0.734. The van der Waals surface area contributed by atoms with Gasteiger partial charge in [-0.2, -0.15) is 5.10 Å². The molecule has 0 aliphatic carbocycles. The van der Waals surface area contributed by atoms with Crippen molar-refractivity contribution in [3.8, 4) is 0 Å². The number of hydrogen-bond donors (Lipinski definition) is 0. The van der Waals surface area contributed by atoms with Gasteiger partial charge in [0, 0.05) is 31.4 Å². The molecule has 1 fully saturated rings. The fraction of sp³-hybridized carbons (Fsp3) is 0.692. The number of nitrogens with zero attached hydrogens (tertiary/aromatic N) is 2. The number of Topliss-reactive ketones (excluding diaryl/α,β-unsaturated/α-hetero) is 1. The van der Waals surface area contributed by atoms with Crippen LogP contribution < -0.4 is 0 Å². The van der Waals surface area contributed by atoms with Crippen LogP contribution in [0.15, 0.2) is 0 Å². The molecule has 3 rings (SSSR count). The van der Waals surface area contributed by atoms with Crippen LogP contribution in [-0.4, -0.2) is 28.8 Å². The van der Waals surface area contributed by atoms with E-state index in [4.69, 9.17) is 4.74 Å². The average molecular weight is 234 g/mol. The third-order valence-electron chi connectivity index (χ3n) is 3.83. The van der Waals surface area contributed by atoms with E-state index in [1.807, 2.05) is 4.68 Å². The molecule has 0 radical (unpaired) electrons. The van der Waals surface area contributed by atoms with Crippen LogP contribution in [0.2, 0.25) is 0 Å². The maximum atomic E-state index is 11.8. The van der Waals surface area contributed by atoms with E-state index in [0.717, 1.165) is 56.7 Å². The van der Waals surface area contributed by atoms with Crippen molar-refractivity contribution in [2.24, 2.45) is 0 Å². The molecule has 4 nitrogen and oxygen atoms in total. The van der Waals surface area contributed by atoms with Gasteiger partial charge in [-0.05, 0) is 32.6 Å². The second-order valence-corrected chi connectivity index (χ2v) is 4.98. The number of fused-ring (bicyclic) bond motifs is 1. The van der Waals surface area contributed by atoms with E-state index >= 15 is 0 Å². The van der Waals surface area contributed by atoms with Crippen molar-refractivity contribution in [3.63, 3.8) is 0 Å². The summed E-state index contributed by atoms with van der Waals surface area (Å²) in [5.74, 6) is 0.593. The Morgan fingerprint density at radius 2 is 2.18 bits per heavy atom. The second kappa shape index (κ2) is 4.26. The molecule has 0 aromatic carbocycles. The van der Waals surface area contributed by atoms with E-state index in [-0.39, 0.29) is 5.78 Å². The predicted octanol–water partition coefficient (Wildman–Crippen LogP) is 1.93. The maximum absolute atomic E-state index is 11.8. The summed E-state index contributed by atoms with van der Waals surface area (Å²) < 4.78 is 7.42. The topological polar surface area (TPSA) is 44.1 Å². The Kier molecular flexibility index (Phi) is 2.74. The zero-order valence-electron chi connectivity index (χ0n) is 10.2. The van der Waals surface area contributed by atoms with Gasteiger partial charge in [0.25, 0.3) is 0 Å². The molecule has 0 N–H and O–H groups in total. The number of aryl methyl sites for hydroxylation is 1. The number of carbonyl (C=O) groups excluding carboxylic acids is 1. The first-order chi connectivity index (χ1) is 8.27. The Labute approximate surface area is 101 Å². The summed E-state index contributed by atoms with van der Waals surface area (Å²) >= 11 is 0. The van der Waals surface area contributed by atoms with Gasteiger partial charge in [-0.15, -0.1) is 0 Å². The van der Waals surface area contributed by atoms with Crippen molar-refractivity contribution in [2.45, 2.75) is 45.1 Å². The summed E-state index contributed by atoms with van der Waals surface area (Å²) in [6, 6.07) is 0. The number of ether oxygens (including phenoxy) is 1. The van der Waals surface area contributed by atoms with Gasteiger partial charge < -0.3 is 4.74 Å². The summed E-state index contributed by atoms with van der Waals surface area (Å²) in [6.45, 7) is 4.23. The molecule has 1 aromatic heterocycles. The van der Waals surface area contributed by atoms with Gasteiger partial charge in [0.1, 0.15) is 0 Å². The molecule has 0 saturated carbocycles. The van der Waals surface area contributed by atoms with E-state index in [2.05, 4.69) is 5.10 Å². The van der Waals surface area contributed by atoms with Crippen LogP contribution in [0.4, 0.5) is 0 Å². The summed E-state index contributed by atoms with van der Waals surface area (Å²) in [7, 11) is 0. The van der Waals surface area contributed by atoms with Crippen molar-refractivity contribution < 1.29 is 9.53 Å². The van der Waals surface area contributed by atoms with Crippen LogP contribution >= 0.6 is 0 Å². The van der Waals surface area contributed by atoms with E-state index in [1.165, 1.54) is 5.69 Å². The van der Waals surface area contributed by atoms with Crippen molar-refractivity contribution in [1.82, 2.24) is 9.78 Å². The summed E-state index contributed by atoms with van der Waals surface area (Å²) in [6.07, 6.45) is 4.12. The van der Waals surface area contributed by atoms with E-state index in [9.17, 15) is 4.79 Å². The molecule has 2 aliphatic rings. The lowest BCUT2D eigenvalue weighted by Gasteiger charge is -2.21. The van der Waals surface area contributed by atoms with Crippen molar-refractivity contribution >= 4 is 5.78 Å². The highest BCUT2D eigenvalue weighted by Crippen LogP contribution is 2.32. The number of hydrogen-bond acceptors (Lipinski definition) is 3. The van der Waals surface area contributed by atoms with Gasteiger partial charge in [0.15, 0.2) is 5.78 Å². The van der Waals surface area contributed by atoms with Crippen LogP contribution in [0, 0.1) is 0 Å². The van der Waals surface area contributed by atoms with Crippen LogP contribution in [0.3, 0.4) is 0 Å². The molecule has 17 heavy (non-hydrogen) atoms. The van der Waals surface area contributed by atoms with Crippen LogP contribution in [0.25, 0.3) is 0 Å². The molecule has 1 saturated heterocycles. The third-order valence-corrected chi connectivity index (χ3v) is 3.83. The maximum Gasteiger partial charge on any atom is 0.163 e. The molecule has 0 spiro atoms.